The van der Waals surface area contributed by atoms with Crippen molar-refractivity contribution in [1.29, 1.82) is 0 Å². The molecule has 28 heavy (non-hydrogen) atoms. The Balaban J connectivity index is 1.75. The van der Waals surface area contributed by atoms with E-state index in [2.05, 4.69) is 26.0 Å². The highest BCUT2D eigenvalue weighted by atomic mass is 79.9. The standard InChI is InChI=1S/C20H13BrFN3OS2/c1-12-2-4-13(5-3-12)11-23-25(19(26)16-8-9-18(21)27-16)20-24-15-7-6-14(22)10-17(15)28-20/h2-11H,1H3/b23-11+. The summed E-state index contributed by atoms with van der Waals surface area (Å²) >= 11 is 5.92. The van der Waals surface area contributed by atoms with Gasteiger partial charge >= 0.3 is 0 Å². The van der Waals surface area contributed by atoms with E-state index < -0.39 is 0 Å². The third-order valence-corrected chi connectivity index (χ3v) is 6.50. The number of rotatable bonds is 4. The van der Waals surface area contributed by atoms with E-state index in [0.29, 0.717) is 20.2 Å². The van der Waals surface area contributed by atoms with Crippen LogP contribution in [0.1, 0.15) is 20.8 Å². The fourth-order valence-electron chi connectivity index (χ4n) is 2.48. The quantitative estimate of drug-likeness (QED) is 0.259. The zero-order valence-corrected chi connectivity index (χ0v) is 17.8. The first-order valence-electron chi connectivity index (χ1n) is 8.26. The van der Waals surface area contributed by atoms with E-state index in [1.165, 1.54) is 39.8 Å². The average Bonchev–Trinajstić information content (AvgIpc) is 3.29. The van der Waals surface area contributed by atoms with Crippen LogP contribution in [0.5, 0.6) is 0 Å². The lowest BCUT2D eigenvalue weighted by molar-refractivity contribution is 0.0991. The second-order valence-electron chi connectivity index (χ2n) is 5.98. The van der Waals surface area contributed by atoms with Crippen LogP contribution in [0.3, 0.4) is 0 Å². The second-order valence-corrected chi connectivity index (χ2v) is 9.46. The Hall–Kier alpha value is -2.42. The topological polar surface area (TPSA) is 45.6 Å². The molecule has 2 aromatic heterocycles. The third-order valence-electron chi connectivity index (χ3n) is 3.90. The van der Waals surface area contributed by atoms with Gasteiger partial charge in [0.1, 0.15) is 5.82 Å². The molecular weight excluding hydrogens is 461 g/mol. The van der Waals surface area contributed by atoms with Crippen LogP contribution in [-0.4, -0.2) is 17.1 Å². The molecule has 0 aliphatic rings. The van der Waals surface area contributed by atoms with Crippen molar-refractivity contribution in [3.05, 3.63) is 80.2 Å². The van der Waals surface area contributed by atoms with Crippen LogP contribution in [0, 0.1) is 12.7 Å². The summed E-state index contributed by atoms with van der Waals surface area (Å²) in [7, 11) is 0. The molecule has 0 fully saturated rings. The van der Waals surface area contributed by atoms with Crippen molar-refractivity contribution >= 4 is 66.1 Å². The minimum Gasteiger partial charge on any atom is -0.266 e. The molecule has 1 amide bonds. The molecular formula is C20H13BrFN3OS2. The molecule has 4 nitrogen and oxygen atoms in total. The van der Waals surface area contributed by atoms with Crippen LogP contribution in [0.25, 0.3) is 10.2 Å². The maximum atomic E-state index is 13.5. The van der Waals surface area contributed by atoms with Crippen LogP contribution in [0.4, 0.5) is 9.52 Å². The summed E-state index contributed by atoms with van der Waals surface area (Å²) < 4.78 is 15.1. The van der Waals surface area contributed by atoms with Gasteiger partial charge in [0.15, 0.2) is 0 Å². The summed E-state index contributed by atoms with van der Waals surface area (Å²) in [6, 6.07) is 15.7. The zero-order valence-electron chi connectivity index (χ0n) is 14.6. The van der Waals surface area contributed by atoms with E-state index in [0.717, 1.165) is 14.9 Å². The van der Waals surface area contributed by atoms with Crippen LogP contribution >= 0.6 is 38.6 Å². The van der Waals surface area contributed by atoms with Crippen molar-refractivity contribution < 1.29 is 9.18 Å². The van der Waals surface area contributed by atoms with Crippen LogP contribution < -0.4 is 5.01 Å². The molecule has 0 atom stereocenters. The molecule has 4 aromatic rings. The molecule has 0 bridgehead atoms. The van der Waals surface area contributed by atoms with Crippen LogP contribution in [-0.2, 0) is 0 Å². The zero-order chi connectivity index (χ0) is 19.7. The monoisotopic (exact) mass is 473 g/mol. The average molecular weight is 474 g/mol. The Bertz CT molecular complexity index is 1180. The number of carbonyl (C=O) groups is 1. The number of amides is 1. The minimum absolute atomic E-state index is 0.293. The van der Waals surface area contributed by atoms with Gasteiger partial charge in [0, 0.05) is 0 Å². The first-order chi connectivity index (χ1) is 13.5. The SMILES string of the molecule is Cc1ccc(/C=N/N(C(=O)c2ccc(Br)s2)c2nc3ccc(F)cc3s2)cc1. The maximum Gasteiger partial charge on any atom is 0.290 e. The maximum absolute atomic E-state index is 13.5. The van der Waals surface area contributed by atoms with Gasteiger partial charge in [-0.15, -0.1) is 11.3 Å². The van der Waals surface area contributed by atoms with E-state index >= 15 is 0 Å². The number of nitrogens with zero attached hydrogens (tertiary/aromatic N) is 3. The third kappa shape index (κ3) is 4.04. The highest BCUT2D eigenvalue weighted by Crippen LogP contribution is 2.32. The van der Waals surface area contributed by atoms with E-state index in [-0.39, 0.29) is 11.7 Å². The van der Waals surface area contributed by atoms with Crippen molar-refractivity contribution in [3.8, 4) is 0 Å². The van der Waals surface area contributed by atoms with E-state index in [1.54, 1.807) is 18.3 Å². The van der Waals surface area contributed by atoms with Crippen molar-refractivity contribution in [2.24, 2.45) is 5.10 Å². The van der Waals surface area contributed by atoms with Crippen molar-refractivity contribution in [2.45, 2.75) is 6.92 Å². The summed E-state index contributed by atoms with van der Waals surface area (Å²) in [5.41, 5.74) is 2.63. The fourth-order valence-corrected chi connectivity index (χ4v) is 4.73. The summed E-state index contributed by atoms with van der Waals surface area (Å²) in [5.74, 6) is -0.635. The molecule has 8 heteroatoms. The van der Waals surface area contributed by atoms with Gasteiger partial charge < -0.3 is 0 Å². The number of aryl methyl sites for hydroxylation is 1. The summed E-state index contributed by atoms with van der Waals surface area (Å²) in [6.07, 6.45) is 1.62. The predicted molar refractivity (Wildman–Crippen MR) is 117 cm³/mol. The van der Waals surface area contributed by atoms with Gasteiger partial charge in [-0.05, 0) is 58.7 Å². The summed E-state index contributed by atoms with van der Waals surface area (Å²) in [4.78, 5) is 18.1. The molecule has 0 saturated carbocycles. The fraction of sp³-hybridized carbons (Fsp3) is 0.0500. The predicted octanol–water partition coefficient (Wildman–Crippen LogP) is 6.25. The van der Waals surface area contributed by atoms with Crippen LogP contribution in [0.15, 0.2) is 63.5 Å². The molecule has 0 spiro atoms. The number of hydrogen-bond donors (Lipinski definition) is 0. The lowest BCUT2D eigenvalue weighted by Gasteiger charge is -2.12. The summed E-state index contributed by atoms with van der Waals surface area (Å²) in [5, 5.41) is 6.05. The molecule has 0 saturated heterocycles. The van der Waals surface area contributed by atoms with E-state index in [4.69, 9.17) is 0 Å². The Morgan fingerprint density at radius 3 is 2.64 bits per heavy atom. The number of aromatic nitrogens is 1. The Labute approximate surface area is 177 Å². The smallest absolute Gasteiger partial charge is 0.266 e. The largest absolute Gasteiger partial charge is 0.290 e. The number of hydrazone groups is 1. The molecule has 0 N–H and O–H groups in total. The van der Waals surface area contributed by atoms with Crippen molar-refractivity contribution in [1.82, 2.24) is 4.98 Å². The first kappa shape index (κ1) is 18.9. The van der Waals surface area contributed by atoms with Gasteiger partial charge in [-0.25, -0.2) is 9.37 Å². The highest BCUT2D eigenvalue weighted by molar-refractivity contribution is 9.11. The Morgan fingerprint density at radius 2 is 1.93 bits per heavy atom. The number of thiazole rings is 1. The van der Waals surface area contributed by atoms with E-state index in [1.807, 2.05) is 37.3 Å². The molecule has 4 rings (SSSR count). The number of carbonyl (C=O) groups excluding carboxylic acids is 1. The highest BCUT2D eigenvalue weighted by Gasteiger charge is 2.22. The number of fused-ring (bicyclic) bond motifs is 1. The van der Waals surface area contributed by atoms with E-state index in [9.17, 15) is 9.18 Å². The first-order valence-corrected chi connectivity index (χ1v) is 10.7. The molecule has 0 aliphatic heterocycles. The second kappa shape index (κ2) is 7.90. The Kier molecular flexibility index (Phi) is 5.34. The Morgan fingerprint density at radius 1 is 1.14 bits per heavy atom. The van der Waals surface area contributed by atoms with Gasteiger partial charge in [-0.2, -0.15) is 10.1 Å². The number of benzene rings is 2. The molecule has 2 heterocycles. The van der Waals surface area contributed by atoms with Gasteiger partial charge in [-0.3, -0.25) is 4.79 Å². The number of hydrogen-bond acceptors (Lipinski definition) is 5. The van der Waals surface area contributed by atoms with Gasteiger partial charge in [0.05, 0.1) is 25.1 Å². The summed E-state index contributed by atoms with van der Waals surface area (Å²) in [6.45, 7) is 2.01. The van der Waals surface area contributed by atoms with Gasteiger partial charge in [0.2, 0.25) is 5.13 Å². The molecule has 0 aliphatic carbocycles. The van der Waals surface area contributed by atoms with Gasteiger partial charge in [-0.1, -0.05) is 41.2 Å². The normalized spacial score (nSPS) is 11.4. The van der Waals surface area contributed by atoms with Crippen molar-refractivity contribution in [3.63, 3.8) is 0 Å². The van der Waals surface area contributed by atoms with Crippen molar-refractivity contribution in [2.75, 3.05) is 5.01 Å². The molecule has 2 aromatic carbocycles. The molecule has 140 valence electrons. The lowest BCUT2D eigenvalue weighted by Crippen LogP contribution is -2.24. The number of anilines is 1. The van der Waals surface area contributed by atoms with Gasteiger partial charge in [0.25, 0.3) is 5.91 Å². The number of halogens is 2. The lowest BCUT2D eigenvalue weighted by atomic mass is 10.2. The van der Waals surface area contributed by atoms with Crippen LogP contribution in [0.2, 0.25) is 0 Å². The number of thiophene rings is 1. The molecule has 0 radical (unpaired) electrons. The minimum atomic E-state index is -0.342. The molecule has 0 unspecified atom stereocenters.